The van der Waals surface area contributed by atoms with Crippen molar-refractivity contribution in [1.82, 2.24) is 9.97 Å². The van der Waals surface area contributed by atoms with Gasteiger partial charge in [-0.2, -0.15) is 0 Å². The van der Waals surface area contributed by atoms with E-state index in [-0.39, 0.29) is 32.9 Å². The second-order valence-electron chi connectivity index (χ2n) is 6.27. The zero-order valence-electron chi connectivity index (χ0n) is 13.6. The first-order valence-corrected chi connectivity index (χ1v) is 8.45. The molecular weight excluding hydrogens is 368 g/mol. The van der Waals surface area contributed by atoms with E-state index in [1.54, 1.807) is 36.4 Å². The fourth-order valence-electron chi connectivity index (χ4n) is 3.55. The number of ketones is 2. The molecule has 1 aliphatic carbocycles. The maximum atomic E-state index is 13.0. The van der Waals surface area contributed by atoms with Gasteiger partial charge in [0.1, 0.15) is 11.4 Å². The molecule has 1 aliphatic rings. The summed E-state index contributed by atoms with van der Waals surface area (Å²) >= 11 is 6.12. The SMILES string of the molecule is O=C1c2[nH]c3cccc(Cl)c3c(=O)c2C(=O)c2[nH]c3ccccc3c(=O)c21. The third-order valence-electron chi connectivity index (χ3n) is 4.79. The summed E-state index contributed by atoms with van der Waals surface area (Å²) < 4.78 is 0. The van der Waals surface area contributed by atoms with Crippen LogP contribution in [0.25, 0.3) is 21.8 Å². The summed E-state index contributed by atoms with van der Waals surface area (Å²) in [6.45, 7) is 0. The number of para-hydroxylation sites is 1. The summed E-state index contributed by atoms with van der Waals surface area (Å²) in [4.78, 5) is 57.5. The molecule has 0 radical (unpaired) electrons. The van der Waals surface area contributed by atoms with Crippen LogP contribution < -0.4 is 10.9 Å². The number of aromatic amines is 2. The van der Waals surface area contributed by atoms with Crippen molar-refractivity contribution >= 4 is 45.0 Å². The smallest absolute Gasteiger partial charge is 0.216 e. The van der Waals surface area contributed by atoms with Crippen molar-refractivity contribution < 1.29 is 9.59 Å². The largest absolute Gasteiger partial charge is 0.351 e. The van der Waals surface area contributed by atoms with Gasteiger partial charge in [-0.3, -0.25) is 19.2 Å². The van der Waals surface area contributed by atoms with Crippen molar-refractivity contribution in [3.8, 4) is 0 Å². The highest BCUT2D eigenvalue weighted by Crippen LogP contribution is 2.27. The van der Waals surface area contributed by atoms with E-state index >= 15 is 0 Å². The molecule has 0 aliphatic heterocycles. The van der Waals surface area contributed by atoms with Gasteiger partial charge in [-0.05, 0) is 24.3 Å². The molecule has 130 valence electrons. The first kappa shape index (κ1) is 15.7. The van der Waals surface area contributed by atoms with Crippen LogP contribution in [-0.2, 0) is 0 Å². The maximum absolute atomic E-state index is 13.0. The molecule has 0 unspecified atom stereocenters. The minimum Gasteiger partial charge on any atom is -0.351 e. The van der Waals surface area contributed by atoms with Gasteiger partial charge in [0.25, 0.3) is 0 Å². The standard InChI is InChI=1S/C20H9ClN2O4/c21-9-5-3-7-11-12(9)18(25)14-16(23-11)19(26)13-15(20(14)27)22-10-6-2-1-4-8(10)17(13)24/h1-7H,(H,22,24)(H,23,25). The predicted octanol–water partition coefficient (Wildman–Crippen LogP) is 2.80. The summed E-state index contributed by atoms with van der Waals surface area (Å²) in [5, 5.41) is 0.604. The molecule has 7 heteroatoms. The lowest BCUT2D eigenvalue weighted by Gasteiger charge is -2.18. The van der Waals surface area contributed by atoms with Crippen LogP contribution in [0.1, 0.15) is 32.1 Å². The average Bonchev–Trinajstić information content (AvgIpc) is 2.66. The van der Waals surface area contributed by atoms with Crippen LogP contribution in [-0.4, -0.2) is 21.5 Å². The fraction of sp³-hybridized carbons (Fsp3) is 0. The molecule has 0 bridgehead atoms. The topological polar surface area (TPSA) is 99.9 Å². The Kier molecular flexibility index (Phi) is 3.06. The molecular formula is C20H9ClN2O4. The zero-order valence-corrected chi connectivity index (χ0v) is 14.3. The van der Waals surface area contributed by atoms with Crippen LogP contribution >= 0.6 is 11.6 Å². The Morgan fingerprint density at radius 2 is 1.26 bits per heavy atom. The number of pyridine rings is 2. The van der Waals surface area contributed by atoms with E-state index in [0.717, 1.165) is 0 Å². The molecule has 0 fully saturated rings. The van der Waals surface area contributed by atoms with E-state index in [2.05, 4.69) is 9.97 Å². The van der Waals surface area contributed by atoms with Crippen LogP contribution in [0.4, 0.5) is 0 Å². The fourth-order valence-corrected chi connectivity index (χ4v) is 3.81. The normalized spacial score (nSPS) is 13.1. The Hall–Kier alpha value is -3.51. The molecule has 2 heterocycles. The average molecular weight is 377 g/mol. The number of hydrogen-bond acceptors (Lipinski definition) is 4. The van der Waals surface area contributed by atoms with Gasteiger partial charge in [0.05, 0.1) is 27.1 Å². The molecule has 0 atom stereocenters. The number of hydrogen-bond donors (Lipinski definition) is 2. The monoisotopic (exact) mass is 376 g/mol. The lowest BCUT2D eigenvalue weighted by Crippen LogP contribution is -2.34. The Balaban J connectivity index is 1.95. The molecule has 0 saturated heterocycles. The Morgan fingerprint density at radius 1 is 0.667 bits per heavy atom. The summed E-state index contributed by atoms with van der Waals surface area (Å²) in [6.07, 6.45) is 0. The van der Waals surface area contributed by atoms with E-state index in [9.17, 15) is 19.2 Å². The quantitative estimate of drug-likeness (QED) is 0.434. The Labute approximate surface area is 155 Å². The summed E-state index contributed by atoms with van der Waals surface area (Å²) in [5.41, 5.74) is -1.37. The number of H-pyrrole nitrogens is 2. The zero-order chi connectivity index (χ0) is 18.9. The van der Waals surface area contributed by atoms with Crippen LogP contribution in [0.2, 0.25) is 5.02 Å². The molecule has 5 rings (SSSR count). The third kappa shape index (κ3) is 1.96. The molecule has 2 N–H and O–H groups in total. The van der Waals surface area contributed by atoms with Gasteiger partial charge >= 0.3 is 0 Å². The van der Waals surface area contributed by atoms with E-state index < -0.39 is 22.4 Å². The second kappa shape index (κ2) is 5.25. The van der Waals surface area contributed by atoms with E-state index in [0.29, 0.717) is 16.4 Å². The van der Waals surface area contributed by atoms with Crippen molar-refractivity contribution in [2.75, 3.05) is 0 Å². The van der Waals surface area contributed by atoms with E-state index in [1.807, 2.05) is 0 Å². The Morgan fingerprint density at radius 3 is 2.00 bits per heavy atom. The molecule has 4 aromatic rings. The lowest BCUT2D eigenvalue weighted by atomic mass is 9.88. The summed E-state index contributed by atoms with van der Waals surface area (Å²) in [5.74, 6) is -1.39. The molecule has 2 aromatic heterocycles. The minimum absolute atomic E-state index is 0.130. The van der Waals surface area contributed by atoms with E-state index in [4.69, 9.17) is 11.6 Å². The van der Waals surface area contributed by atoms with Gasteiger partial charge in [-0.1, -0.05) is 29.8 Å². The second-order valence-corrected chi connectivity index (χ2v) is 6.68. The summed E-state index contributed by atoms with van der Waals surface area (Å²) in [7, 11) is 0. The number of benzene rings is 2. The van der Waals surface area contributed by atoms with Gasteiger partial charge < -0.3 is 9.97 Å². The maximum Gasteiger partial charge on any atom is 0.216 e. The molecule has 2 aromatic carbocycles. The first-order valence-electron chi connectivity index (χ1n) is 8.08. The van der Waals surface area contributed by atoms with Crippen molar-refractivity contribution in [1.29, 1.82) is 0 Å². The molecule has 27 heavy (non-hydrogen) atoms. The lowest BCUT2D eigenvalue weighted by molar-refractivity contribution is 0.0971. The number of halogens is 1. The summed E-state index contributed by atoms with van der Waals surface area (Å²) in [6, 6.07) is 11.3. The number of carbonyl (C=O) groups excluding carboxylic acids is 2. The van der Waals surface area contributed by atoms with Crippen LogP contribution in [0.3, 0.4) is 0 Å². The number of carbonyl (C=O) groups is 2. The number of rotatable bonds is 0. The molecule has 0 saturated carbocycles. The van der Waals surface area contributed by atoms with E-state index in [1.165, 1.54) is 6.07 Å². The van der Waals surface area contributed by atoms with Crippen molar-refractivity contribution in [2.24, 2.45) is 0 Å². The number of aromatic nitrogens is 2. The molecule has 0 spiro atoms. The minimum atomic E-state index is -0.703. The third-order valence-corrected chi connectivity index (χ3v) is 5.11. The van der Waals surface area contributed by atoms with Gasteiger partial charge in [0.15, 0.2) is 0 Å². The highest BCUT2D eigenvalue weighted by molar-refractivity contribution is 6.36. The van der Waals surface area contributed by atoms with Crippen LogP contribution in [0, 0.1) is 0 Å². The number of fused-ring (bicyclic) bond motifs is 4. The first-order chi connectivity index (χ1) is 13.0. The predicted molar refractivity (Wildman–Crippen MR) is 101 cm³/mol. The van der Waals surface area contributed by atoms with Gasteiger partial charge in [-0.15, -0.1) is 0 Å². The van der Waals surface area contributed by atoms with Crippen molar-refractivity contribution in [3.05, 3.63) is 90.4 Å². The van der Waals surface area contributed by atoms with Crippen molar-refractivity contribution in [2.45, 2.75) is 0 Å². The molecule has 6 nitrogen and oxygen atoms in total. The van der Waals surface area contributed by atoms with Gasteiger partial charge in [0.2, 0.25) is 22.4 Å². The van der Waals surface area contributed by atoms with Gasteiger partial charge in [0, 0.05) is 10.9 Å². The molecule has 0 amide bonds. The highest BCUT2D eigenvalue weighted by atomic mass is 35.5. The van der Waals surface area contributed by atoms with Crippen molar-refractivity contribution in [3.63, 3.8) is 0 Å². The highest BCUT2D eigenvalue weighted by Gasteiger charge is 2.36. The van der Waals surface area contributed by atoms with Gasteiger partial charge in [-0.25, -0.2) is 0 Å². The van der Waals surface area contributed by atoms with Crippen LogP contribution in [0.5, 0.6) is 0 Å². The number of nitrogens with one attached hydrogen (secondary N) is 2. The Bertz CT molecular complexity index is 1460. The van der Waals surface area contributed by atoms with Crippen LogP contribution in [0.15, 0.2) is 52.1 Å².